The van der Waals surface area contributed by atoms with E-state index in [-0.39, 0.29) is 11.6 Å². The van der Waals surface area contributed by atoms with Gasteiger partial charge in [-0.05, 0) is 60.6 Å². The van der Waals surface area contributed by atoms with Gasteiger partial charge in [-0.15, -0.1) is 0 Å². The van der Waals surface area contributed by atoms with Crippen LogP contribution in [0.2, 0.25) is 0 Å². The molecule has 7 heteroatoms. The fraction of sp³-hybridized carbons (Fsp3) is 0.320. The Bertz CT molecular complexity index is 1340. The van der Waals surface area contributed by atoms with Crippen molar-refractivity contribution in [3.8, 4) is 16.8 Å². The van der Waals surface area contributed by atoms with Gasteiger partial charge in [0.05, 0.1) is 12.0 Å². The summed E-state index contributed by atoms with van der Waals surface area (Å²) < 4.78 is 7.16. The number of hydrogen-bond donors (Lipinski definition) is 1. The lowest BCUT2D eigenvalue weighted by Crippen LogP contribution is -2.30. The summed E-state index contributed by atoms with van der Waals surface area (Å²) >= 11 is 0. The second-order valence-corrected chi connectivity index (χ2v) is 8.92. The van der Waals surface area contributed by atoms with Crippen LogP contribution < -0.4 is 5.69 Å². The van der Waals surface area contributed by atoms with Crippen LogP contribution in [0.15, 0.2) is 64.0 Å². The molecule has 7 nitrogen and oxygen atoms in total. The molecule has 0 radical (unpaired) electrons. The van der Waals surface area contributed by atoms with E-state index in [2.05, 4.69) is 16.3 Å². The van der Waals surface area contributed by atoms with E-state index in [9.17, 15) is 9.59 Å². The van der Waals surface area contributed by atoms with Gasteiger partial charge in [0.15, 0.2) is 0 Å². The van der Waals surface area contributed by atoms with E-state index in [0.717, 1.165) is 60.1 Å². The Balaban J connectivity index is 1.22. The van der Waals surface area contributed by atoms with Crippen molar-refractivity contribution in [1.29, 1.82) is 0 Å². The number of aromatic amines is 1. The Morgan fingerprint density at radius 1 is 1.06 bits per heavy atom. The van der Waals surface area contributed by atoms with E-state index in [4.69, 9.17) is 4.42 Å². The maximum Gasteiger partial charge on any atom is 0.347 e. The highest BCUT2D eigenvalue weighted by Gasteiger charge is 2.36. The summed E-state index contributed by atoms with van der Waals surface area (Å²) in [4.78, 5) is 26.9. The Labute approximate surface area is 184 Å². The fourth-order valence-electron chi connectivity index (χ4n) is 4.72. The first-order chi connectivity index (χ1) is 15.7. The molecule has 0 spiro atoms. The molecule has 1 saturated carbocycles. The quantitative estimate of drug-likeness (QED) is 0.524. The molecule has 1 amide bonds. The van der Waals surface area contributed by atoms with Crippen LogP contribution in [0, 0.1) is 11.8 Å². The van der Waals surface area contributed by atoms with Crippen LogP contribution in [-0.2, 0) is 11.2 Å². The summed E-state index contributed by atoms with van der Waals surface area (Å²) in [5.41, 5.74) is 3.50. The van der Waals surface area contributed by atoms with Gasteiger partial charge in [-0.1, -0.05) is 24.3 Å². The third-order valence-electron chi connectivity index (χ3n) is 6.65. The first kappa shape index (κ1) is 19.1. The largest absolute Gasteiger partial charge is 0.464 e. The normalized spacial score (nSPS) is 18.5. The van der Waals surface area contributed by atoms with E-state index in [0.29, 0.717) is 24.1 Å². The first-order valence-electron chi connectivity index (χ1n) is 11.2. The Morgan fingerprint density at radius 2 is 1.88 bits per heavy atom. The average molecular weight is 428 g/mol. The molecule has 1 atom stereocenters. The lowest BCUT2D eigenvalue weighted by molar-refractivity contribution is -0.131. The number of nitrogens with one attached hydrogen (secondary N) is 1. The molecular weight excluding hydrogens is 404 g/mol. The van der Waals surface area contributed by atoms with Crippen molar-refractivity contribution < 1.29 is 9.21 Å². The first-order valence-corrected chi connectivity index (χ1v) is 11.2. The van der Waals surface area contributed by atoms with E-state index < -0.39 is 0 Å². The number of aromatic nitrogens is 3. The van der Waals surface area contributed by atoms with Crippen LogP contribution >= 0.6 is 0 Å². The lowest BCUT2D eigenvalue weighted by atomic mass is 10.0. The van der Waals surface area contributed by atoms with Gasteiger partial charge >= 0.3 is 5.69 Å². The summed E-state index contributed by atoms with van der Waals surface area (Å²) in [7, 11) is 0. The monoisotopic (exact) mass is 428 g/mol. The van der Waals surface area contributed by atoms with Crippen LogP contribution in [0.4, 0.5) is 0 Å². The summed E-state index contributed by atoms with van der Waals surface area (Å²) in [5, 5.41) is 7.96. The SMILES string of the molecule is O=C(C1CC1)N1CC[C@@H](Cc2n[nH]c(=O)n2-c2ccc(-c3ccc4ccoc4c3)cc2)C1. The van der Waals surface area contributed by atoms with Crippen LogP contribution in [0.3, 0.4) is 0 Å². The molecule has 32 heavy (non-hydrogen) atoms. The molecule has 2 aliphatic rings. The number of benzene rings is 2. The zero-order valence-corrected chi connectivity index (χ0v) is 17.7. The van der Waals surface area contributed by atoms with Crippen molar-refractivity contribution in [1.82, 2.24) is 19.7 Å². The second-order valence-electron chi connectivity index (χ2n) is 8.92. The van der Waals surface area contributed by atoms with Crippen LogP contribution in [0.5, 0.6) is 0 Å². The molecule has 0 unspecified atom stereocenters. The van der Waals surface area contributed by atoms with Gasteiger partial charge in [0, 0.05) is 30.8 Å². The van der Waals surface area contributed by atoms with E-state index in [1.165, 1.54) is 0 Å². The molecule has 0 bridgehead atoms. The number of fused-ring (bicyclic) bond motifs is 1. The molecule has 1 aliphatic heterocycles. The maximum atomic E-state index is 12.5. The number of carbonyl (C=O) groups is 1. The van der Waals surface area contributed by atoms with Gasteiger partial charge in [-0.2, -0.15) is 5.10 Å². The van der Waals surface area contributed by atoms with Gasteiger partial charge in [0.1, 0.15) is 11.4 Å². The van der Waals surface area contributed by atoms with Gasteiger partial charge in [-0.25, -0.2) is 14.5 Å². The molecule has 1 aliphatic carbocycles. The Kier molecular flexibility index (Phi) is 4.48. The Hall–Kier alpha value is -3.61. The number of rotatable bonds is 5. The predicted octanol–water partition coefficient (Wildman–Crippen LogP) is 3.77. The number of hydrogen-bond acceptors (Lipinski definition) is 4. The van der Waals surface area contributed by atoms with Crippen molar-refractivity contribution >= 4 is 16.9 Å². The zero-order chi connectivity index (χ0) is 21.7. The summed E-state index contributed by atoms with van der Waals surface area (Å²) in [6.07, 6.45) is 5.38. The number of amides is 1. The average Bonchev–Trinajstić information content (AvgIpc) is 3.20. The minimum atomic E-state index is -0.242. The molecule has 1 N–H and O–H groups in total. The minimum absolute atomic E-state index is 0.242. The van der Waals surface area contributed by atoms with Crippen LogP contribution in [-0.4, -0.2) is 38.7 Å². The highest BCUT2D eigenvalue weighted by molar-refractivity contribution is 5.83. The fourth-order valence-corrected chi connectivity index (χ4v) is 4.72. The molecule has 162 valence electrons. The number of carbonyl (C=O) groups excluding carboxylic acids is 1. The molecule has 2 aromatic carbocycles. The minimum Gasteiger partial charge on any atom is -0.464 e. The lowest BCUT2D eigenvalue weighted by Gasteiger charge is -2.16. The number of furan rings is 1. The van der Waals surface area contributed by atoms with Gasteiger partial charge in [0.2, 0.25) is 5.91 Å². The van der Waals surface area contributed by atoms with Gasteiger partial charge in [-0.3, -0.25) is 4.79 Å². The van der Waals surface area contributed by atoms with Gasteiger partial charge in [0.25, 0.3) is 0 Å². The van der Waals surface area contributed by atoms with E-state index in [1.54, 1.807) is 10.8 Å². The molecule has 2 aromatic heterocycles. The van der Waals surface area contributed by atoms with E-state index in [1.807, 2.05) is 47.4 Å². The number of likely N-dealkylation sites (tertiary alicyclic amines) is 1. The van der Waals surface area contributed by atoms with Crippen LogP contribution in [0.1, 0.15) is 25.1 Å². The van der Waals surface area contributed by atoms with Crippen molar-refractivity contribution in [2.24, 2.45) is 11.8 Å². The Morgan fingerprint density at radius 3 is 2.69 bits per heavy atom. The molecule has 3 heterocycles. The van der Waals surface area contributed by atoms with Crippen molar-refractivity contribution in [2.75, 3.05) is 13.1 Å². The molecule has 6 rings (SSSR count). The molecule has 1 saturated heterocycles. The standard InChI is InChI=1S/C25H24N4O3/c30-24(19-2-3-19)28-11-9-16(15-28)13-23-26-27-25(31)29(23)21-7-5-17(6-8-21)20-4-1-18-10-12-32-22(18)14-20/h1,4-8,10,12,14,16,19H,2-3,9,11,13,15H2,(H,27,31)/t16-/m0/s1. The summed E-state index contributed by atoms with van der Waals surface area (Å²) in [6, 6.07) is 16.0. The predicted molar refractivity (Wildman–Crippen MR) is 121 cm³/mol. The number of nitrogens with zero attached hydrogens (tertiary/aromatic N) is 3. The summed E-state index contributed by atoms with van der Waals surface area (Å²) in [5.74, 6) is 1.59. The highest BCUT2D eigenvalue weighted by Crippen LogP contribution is 2.33. The van der Waals surface area contributed by atoms with Crippen molar-refractivity contribution in [3.63, 3.8) is 0 Å². The second kappa shape index (κ2) is 7.51. The number of H-pyrrole nitrogens is 1. The molecule has 4 aromatic rings. The smallest absolute Gasteiger partial charge is 0.347 e. The third kappa shape index (κ3) is 3.43. The molecule has 2 fully saturated rings. The third-order valence-corrected chi connectivity index (χ3v) is 6.65. The van der Waals surface area contributed by atoms with Gasteiger partial charge < -0.3 is 9.32 Å². The van der Waals surface area contributed by atoms with Crippen LogP contribution in [0.25, 0.3) is 27.8 Å². The molecular formula is C25H24N4O3. The maximum absolute atomic E-state index is 12.5. The summed E-state index contributed by atoms with van der Waals surface area (Å²) in [6.45, 7) is 1.56. The zero-order valence-electron chi connectivity index (χ0n) is 17.7. The van der Waals surface area contributed by atoms with Crippen molar-refractivity contribution in [3.05, 3.63) is 71.1 Å². The topological polar surface area (TPSA) is 84.1 Å². The van der Waals surface area contributed by atoms with Crippen molar-refractivity contribution in [2.45, 2.75) is 25.7 Å². The highest BCUT2D eigenvalue weighted by atomic mass is 16.3. The van der Waals surface area contributed by atoms with E-state index >= 15 is 0 Å².